The van der Waals surface area contributed by atoms with Gasteiger partial charge in [-0.15, -0.1) is 0 Å². The van der Waals surface area contributed by atoms with Crippen LogP contribution >= 0.6 is 0 Å². The first-order chi connectivity index (χ1) is 9.82. The highest BCUT2D eigenvalue weighted by atomic mass is 32.2. The van der Waals surface area contributed by atoms with Crippen LogP contribution < -0.4 is 0 Å². The summed E-state index contributed by atoms with van der Waals surface area (Å²) in [7, 11) is -0.560. The van der Waals surface area contributed by atoms with Crippen LogP contribution in [0.3, 0.4) is 0 Å². The normalized spacial score (nSPS) is 11.6. The number of aromatic nitrogens is 1. The number of hydrogen-bond donors (Lipinski definition) is 1. The molecule has 1 aromatic carbocycles. The summed E-state index contributed by atoms with van der Waals surface area (Å²) < 4.78 is 25.0. The molecule has 1 aromatic heterocycles. The molecule has 0 aliphatic heterocycles. The lowest BCUT2D eigenvalue weighted by atomic mass is 10.1. The van der Waals surface area contributed by atoms with Gasteiger partial charge in [-0.05, 0) is 24.3 Å². The van der Waals surface area contributed by atoms with Gasteiger partial charge in [0.1, 0.15) is 5.69 Å². The summed E-state index contributed by atoms with van der Waals surface area (Å²) in [5.74, 6) is -1.11. The smallest absolute Gasteiger partial charge is 0.354 e. The highest BCUT2D eigenvalue weighted by Gasteiger charge is 2.17. The second-order valence-electron chi connectivity index (χ2n) is 4.53. The van der Waals surface area contributed by atoms with Crippen molar-refractivity contribution >= 4 is 16.0 Å². The lowest BCUT2D eigenvalue weighted by Gasteiger charge is -2.11. The Kier molecular flexibility index (Phi) is 4.06. The minimum Gasteiger partial charge on any atom is -0.477 e. The summed E-state index contributed by atoms with van der Waals surface area (Å²) in [6.45, 7) is 0. The summed E-state index contributed by atoms with van der Waals surface area (Å²) in [6.07, 6.45) is 0. The van der Waals surface area contributed by atoms with Crippen molar-refractivity contribution in [2.24, 2.45) is 0 Å². The number of sulfonamides is 1. The van der Waals surface area contributed by atoms with Gasteiger partial charge in [-0.1, -0.05) is 18.2 Å². The van der Waals surface area contributed by atoms with E-state index in [-0.39, 0.29) is 10.6 Å². The average Bonchev–Trinajstić information content (AvgIpc) is 2.47. The average molecular weight is 306 g/mol. The second-order valence-corrected chi connectivity index (χ2v) is 6.68. The van der Waals surface area contributed by atoms with E-state index in [1.165, 1.54) is 32.3 Å². The molecule has 0 aliphatic rings. The molecule has 7 heteroatoms. The van der Waals surface area contributed by atoms with Crippen LogP contribution in [0, 0.1) is 0 Å². The maximum absolute atomic E-state index is 12.0. The SMILES string of the molecule is CN(C)S(=O)(=O)c1ccc(-c2cccc(C(=O)O)n2)cc1. The summed E-state index contributed by atoms with van der Waals surface area (Å²) in [4.78, 5) is 15.1. The minimum atomic E-state index is -3.48. The fourth-order valence-corrected chi connectivity index (χ4v) is 2.62. The molecule has 21 heavy (non-hydrogen) atoms. The zero-order chi connectivity index (χ0) is 15.6. The monoisotopic (exact) mass is 306 g/mol. The molecule has 0 spiro atoms. The first-order valence-electron chi connectivity index (χ1n) is 6.05. The van der Waals surface area contributed by atoms with Gasteiger partial charge >= 0.3 is 5.97 Å². The van der Waals surface area contributed by atoms with Crippen molar-refractivity contribution in [1.82, 2.24) is 9.29 Å². The van der Waals surface area contributed by atoms with Gasteiger partial charge in [0, 0.05) is 19.7 Å². The molecular formula is C14H14N2O4S. The van der Waals surface area contributed by atoms with E-state index < -0.39 is 16.0 Å². The Morgan fingerprint density at radius 3 is 2.24 bits per heavy atom. The van der Waals surface area contributed by atoms with Crippen molar-refractivity contribution < 1.29 is 18.3 Å². The first-order valence-corrected chi connectivity index (χ1v) is 7.49. The topological polar surface area (TPSA) is 87.6 Å². The molecular weight excluding hydrogens is 292 g/mol. The number of pyridine rings is 1. The van der Waals surface area contributed by atoms with Crippen molar-refractivity contribution in [3.8, 4) is 11.3 Å². The van der Waals surface area contributed by atoms with Gasteiger partial charge in [0.15, 0.2) is 0 Å². The van der Waals surface area contributed by atoms with Crippen LogP contribution in [-0.2, 0) is 10.0 Å². The molecule has 110 valence electrons. The van der Waals surface area contributed by atoms with Gasteiger partial charge in [0.25, 0.3) is 0 Å². The van der Waals surface area contributed by atoms with E-state index in [4.69, 9.17) is 5.11 Å². The Morgan fingerprint density at radius 2 is 1.71 bits per heavy atom. The number of carbonyl (C=O) groups is 1. The fraction of sp³-hybridized carbons (Fsp3) is 0.143. The van der Waals surface area contributed by atoms with Gasteiger partial charge in [-0.3, -0.25) is 0 Å². The van der Waals surface area contributed by atoms with Crippen LogP contribution in [0.1, 0.15) is 10.5 Å². The highest BCUT2D eigenvalue weighted by Crippen LogP contribution is 2.21. The van der Waals surface area contributed by atoms with E-state index in [0.717, 1.165) is 4.31 Å². The summed E-state index contributed by atoms with van der Waals surface area (Å²) in [5.41, 5.74) is 1.07. The van der Waals surface area contributed by atoms with Gasteiger partial charge < -0.3 is 5.11 Å². The lowest BCUT2D eigenvalue weighted by molar-refractivity contribution is 0.0690. The Hall–Kier alpha value is -2.25. The molecule has 0 bridgehead atoms. The molecule has 0 amide bonds. The van der Waals surface area contributed by atoms with Gasteiger partial charge in [-0.25, -0.2) is 22.5 Å². The number of hydrogen-bond acceptors (Lipinski definition) is 4. The number of benzene rings is 1. The van der Waals surface area contributed by atoms with E-state index in [1.54, 1.807) is 24.3 Å². The van der Waals surface area contributed by atoms with E-state index in [2.05, 4.69) is 4.98 Å². The molecule has 6 nitrogen and oxygen atoms in total. The summed E-state index contributed by atoms with van der Waals surface area (Å²) >= 11 is 0. The number of aromatic carboxylic acids is 1. The van der Waals surface area contributed by atoms with Crippen molar-refractivity contribution in [2.45, 2.75) is 4.90 Å². The molecule has 2 aromatic rings. The first kappa shape index (κ1) is 15.1. The number of nitrogens with zero attached hydrogens (tertiary/aromatic N) is 2. The third kappa shape index (κ3) is 3.09. The van der Waals surface area contributed by atoms with Crippen LogP contribution in [0.2, 0.25) is 0 Å². The Bertz CT molecular complexity index is 768. The Balaban J connectivity index is 2.40. The fourth-order valence-electron chi connectivity index (χ4n) is 1.72. The van der Waals surface area contributed by atoms with Crippen molar-refractivity contribution in [3.05, 3.63) is 48.2 Å². The minimum absolute atomic E-state index is 0.0579. The van der Waals surface area contributed by atoms with E-state index in [1.807, 2.05) is 0 Å². The number of carboxylic acid groups (broad SMARTS) is 1. The summed E-state index contributed by atoms with van der Waals surface area (Å²) in [6, 6.07) is 10.8. The molecule has 0 aliphatic carbocycles. The molecule has 0 unspecified atom stereocenters. The number of rotatable bonds is 4. The zero-order valence-electron chi connectivity index (χ0n) is 11.5. The molecule has 0 fully saturated rings. The van der Waals surface area contributed by atoms with Gasteiger partial charge in [0.05, 0.1) is 10.6 Å². The third-order valence-electron chi connectivity index (χ3n) is 2.90. The largest absolute Gasteiger partial charge is 0.477 e. The van der Waals surface area contributed by atoms with Crippen molar-refractivity contribution in [3.63, 3.8) is 0 Å². The lowest BCUT2D eigenvalue weighted by Crippen LogP contribution is -2.22. The van der Waals surface area contributed by atoms with Gasteiger partial charge in [-0.2, -0.15) is 0 Å². The third-order valence-corrected chi connectivity index (χ3v) is 4.73. The van der Waals surface area contributed by atoms with Crippen LogP contribution in [-0.4, -0.2) is 42.9 Å². The van der Waals surface area contributed by atoms with Crippen LogP contribution in [0.4, 0.5) is 0 Å². The molecule has 0 radical (unpaired) electrons. The maximum atomic E-state index is 12.0. The summed E-state index contributed by atoms with van der Waals surface area (Å²) in [5, 5.41) is 8.92. The van der Waals surface area contributed by atoms with E-state index in [9.17, 15) is 13.2 Å². The van der Waals surface area contributed by atoms with Crippen molar-refractivity contribution in [1.29, 1.82) is 0 Å². The van der Waals surface area contributed by atoms with Gasteiger partial charge in [0.2, 0.25) is 10.0 Å². The predicted molar refractivity (Wildman–Crippen MR) is 77.5 cm³/mol. The zero-order valence-corrected chi connectivity index (χ0v) is 12.3. The standard InChI is InChI=1S/C14H14N2O4S/c1-16(2)21(19,20)11-8-6-10(7-9-11)12-4-3-5-13(15-12)14(17)18/h3-9H,1-2H3,(H,17,18). The number of carboxylic acids is 1. The van der Waals surface area contributed by atoms with Crippen LogP contribution in [0.25, 0.3) is 11.3 Å². The van der Waals surface area contributed by atoms with E-state index in [0.29, 0.717) is 11.3 Å². The van der Waals surface area contributed by atoms with Crippen LogP contribution in [0.15, 0.2) is 47.4 Å². The van der Waals surface area contributed by atoms with Crippen LogP contribution in [0.5, 0.6) is 0 Å². The highest BCUT2D eigenvalue weighted by molar-refractivity contribution is 7.89. The molecule has 1 heterocycles. The van der Waals surface area contributed by atoms with Crippen molar-refractivity contribution in [2.75, 3.05) is 14.1 Å². The quantitative estimate of drug-likeness (QED) is 0.929. The molecule has 2 rings (SSSR count). The molecule has 0 atom stereocenters. The molecule has 1 N–H and O–H groups in total. The Morgan fingerprint density at radius 1 is 1.10 bits per heavy atom. The predicted octanol–water partition coefficient (Wildman–Crippen LogP) is 1.70. The van der Waals surface area contributed by atoms with E-state index >= 15 is 0 Å². The second kappa shape index (κ2) is 5.63. The maximum Gasteiger partial charge on any atom is 0.354 e. The molecule has 0 saturated heterocycles. The molecule has 0 saturated carbocycles. The Labute approximate surface area is 122 Å².